The summed E-state index contributed by atoms with van der Waals surface area (Å²) in [6.07, 6.45) is 5.08. The average molecular weight is 278 g/mol. The third-order valence-electron chi connectivity index (χ3n) is 3.90. The summed E-state index contributed by atoms with van der Waals surface area (Å²) in [5.74, 6) is 0.761. The van der Waals surface area contributed by atoms with Crippen LogP contribution >= 0.6 is 0 Å². The van der Waals surface area contributed by atoms with Crippen LogP contribution < -0.4 is 10.6 Å². The van der Waals surface area contributed by atoms with Crippen molar-refractivity contribution in [3.05, 3.63) is 11.8 Å². The minimum Gasteiger partial charge on any atom is -0.376 e. The van der Waals surface area contributed by atoms with E-state index in [9.17, 15) is 4.79 Å². The lowest BCUT2D eigenvalue weighted by Crippen LogP contribution is -2.34. The topological polar surface area (TPSA) is 68.2 Å². The van der Waals surface area contributed by atoms with Crippen molar-refractivity contribution in [1.29, 1.82) is 0 Å². The largest absolute Gasteiger partial charge is 0.376 e. The van der Waals surface area contributed by atoms with Crippen molar-refractivity contribution in [3.8, 4) is 0 Å². The van der Waals surface area contributed by atoms with Crippen LogP contribution in [0.15, 0.2) is 6.20 Å². The normalized spacial score (nSPS) is 25.4. The van der Waals surface area contributed by atoms with Gasteiger partial charge in [0.2, 0.25) is 0 Å². The molecule has 0 spiro atoms. The van der Waals surface area contributed by atoms with E-state index in [2.05, 4.69) is 15.7 Å². The summed E-state index contributed by atoms with van der Waals surface area (Å²) in [6, 6.07) is 0.366. The smallest absolute Gasteiger partial charge is 0.256 e. The van der Waals surface area contributed by atoms with Gasteiger partial charge >= 0.3 is 0 Å². The Labute approximate surface area is 118 Å². The van der Waals surface area contributed by atoms with E-state index in [1.54, 1.807) is 6.20 Å². The maximum atomic E-state index is 12.2. The van der Waals surface area contributed by atoms with Crippen LogP contribution in [0.3, 0.4) is 0 Å². The third-order valence-corrected chi connectivity index (χ3v) is 3.90. The highest BCUT2D eigenvalue weighted by Gasteiger charge is 2.33. The highest BCUT2D eigenvalue weighted by molar-refractivity contribution is 5.98. The van der Waals surface area contributed by atoms with E-state index in [0.717, 1.165) is 38.2 Å². The summed E-state index contributed by atoms with van der Waals surface area (Å²) in [6.45, 7) is 5.61. The molecule has 2 atom stereocenters. The highest BCUT2D eigenvalue weighted by Crippen LogP contribution is 2.33. The quantitative estimate of drug-likeness (QED) is 0.880. The zero-order valence-electron chi connectivity index (χ0n) is 12.1. The summed E-state index contributed by atoms with van der Waals surface area (Å²) in [5, 5.41) is 10.6. The Bertz CT molecular complexity index is 491. The van der Waals surface area contributed by atoms with Crippen LogP contribution in [0, 0.1) is 0 Å². The molecule has 2 aliphatic rings. The molecule has 0 radical (unpaired) electrons. The van der Waals surface area contributed by atoms with Gasteiger partial charge in [0, 0.05) is 19.2 Å². The summed E-state index contributed by atoms with van der Waals surface area (Å²) >= 11 is 0. The second-order valence-corrected chi connectivity index (χ2v) is 5.81. The molecule has 110 valence electrons. The Balaban J connectivity index is 1.85. The lowest BCUT2D eigenvalue weighted by Gasteiger charge is -2.30. The average Bonchev–Trinajstić information content (AvgIpc) is 3.07. The van der Waals surface area contributed by atoms with Crippen LogP contribution in [0.5, 0.6) is 0 Å². The van der Waals surface area contributed by atoms with Gasteiger partial charge in [0.25, 0.3) is 5.91 Å². The first-order valence-corrected chi connectivity index (χ1v) is 7.40. The van der Waals surface area contributed by atoms with Gasteiger partial charge < -0.3 is 15.4 Å². The second kappa shape index (κ2) is 5.44. The molecule has 3 heterocycles. The van der Waals surface area contributed by atoms with Crippen molar-refractivity contribution in [2.24, 2.45) is 0 Å². The standard InChI is InChI=1S/C14H22N4O2/c1-9(2)17-14(19)10-8-16-18-11(5-6-15-13(10)18)12-4-3-7-20-12/h8-9,11-12,15H,3-7H2,1-2H3,(H,17,19). The van der Waals surface area contributed by atoms with E-state index < -0.39 is 0 Å². The fraction of sp³-hybridized carbons (Fsp3) is 0.714. The molecule has 1 aromatic heterocycles. The van der Waals surface area contributed by atoms with Crippen LogP contribution in [0.2, 0.25) is 0 Å². The first kappa shape index (κ1) is 13.4. The second-order valence-electron chi connectivity index (χ2n) is 5.81. The molecule has 20 heavy (non-hydrogen) atoms. The molecule has 1 aromatic rings. The zero-order valence-corrected chi connectivity index (χ0v) is 12.1. The van der Waals surface area contributed by atoms with Crippen LogP contribution in [0.25, 0.3) is 0 Å². The van der Waals surface area contributed by atoms with E-state index in [1.165, 1.54) is 0 Å². The molecule has 0 aromatic carbocycles. The Morgan fingerprint density at radius 3 is 3.10 bits per heavy atom. The number of nitrogens with one attached hydrogen (secondary N) is 2. The fourth-order valence-corrected chi connectivity index (χ4v) is 3.01. The number of rotatable bonds is 3. The number of anilines is 1. The molecule has 0 bridgehead atoms. The van der Waals surface area contributed by atoms with Gasteiger partial charge in [0.1, 0.15) is 11.4 Å². The molecule has 2 aliphatic heterocycles. The molecule has 1 fully saturated rings. The summed E-state index contributed by atoms with van der Waals surface area (Å²) in [5.41, 5.74) is 0.626. The van der Waals surface area contributed by atoms with E-state index >= 15 is 0 Å². The number of hydrogen-bond acceptors (Lipinski definition) is 4. The zero-order chi connectivity index (χ0) is 14.1. The number of amides is 1. The molecule has 0 saturated carbocycles. The van der Waals surface area contributed by atoms with Gasteiger partial charge in [-0.25, -0.2) is 4.68 Å². The minimum atomic E-state index is -0.0678. The minimum absolute atomic E-state index is 0.0678. The van der Waals surface area contributed by atoms with Crippen molar-refractivity contribution in [1.82, 2.24) is 15.1 Å². The van der Waals surface area contributed by atoms with Crippen LogP contribution in [-0.2, 0) is 4.74 Å². The maximum Gasteiger partial charge on any atom is 0.256 e. The molecule has 6 heteroatoms. The van der Waals surface area contributed by atoms with Gasteiger partial charge in [0.05, 0.1) is 18.3 Å². The predicted octanol–water partition coefficient (Wildman–Crippen LogP) is 1.56. The van der Waals surface area contributed by atoms with Gasteiger partial charge in [0.15, 0.2) is 0 Å². The van der Waals surface area contributed by atoms with E-state index in [4.69, 9.17) is 4.74 Å². The van der Waals surface area contributed by atoms with Gasteiger partial charge in [-0.05, 0) is 33.1 Å². The van der Waals surface area contributed by atoms with Crippen molar-refractivity contribution in [3.63, 3.8) is 0 Å². The first-order valence-electron chi connectivity index (χ1n) is 7.40. The lowest BCUT2D eigenvalue weighted by molar-refractivity contribution is 0.0591. The fourth-order valence-electron chi connectivity index (χ4n) is 3.01. The van der Waals surface area contributed by atoms with Gasteiger partial charge in [-0.2, -0.15) is 5.10 Å². The third kappa shape index (κ3) is 2.40. The van der Waals surface area contributed by atoms with E-state index in [1.807, 2.05) is 18.5 Å². The van der Waals surface area contributed by atoms with Crippen LogP contribution in [0.1, 0.15) is 49.5 Å². The monoisotopic (exact) mass is 278 g/mol. The molecule has 0 aliphatic carbocycles. The Hall–Kier alpha value is -1.56. The molecule has 3 rings (SSSR count). The predicted molar refractivity (Wildman–Crippen MR) is 75.9 cm³/mol. The molecule has 1 saturated heterocycles. The van der Waals surface area contributed by atoms with Crippen molar-refractivity contribution in [2.45, 2.75) is 51.3 Å². The molecular formula is C14H22N4O2. The highest BCUT2D eigenvalue weighted by atomic mass is 16.5. The lowest BCUT2D eigenvalue weighted by atomic mass is 10.0. The molecular weight excluding hydrogens is 256 g/mol. The first-order chi connectivity index (χ1) is 9.66. The van der Waals surface area contributed by atoms with Crippen molar-refractivity contribution < 1.29 is 9.53 Å². The SMILES string of the molecule is CC(C)NC(=O)c1cnn2c1NCCC2C1CCCO1. The maximum absolute atomic E-state index is 12.2. The Kier molecular flexibility index (Phi) is 3.65. The van der Waals surface area contributed by atoms with Gasteiger partial charge in [-0.15, -0.1) is 0 Å². The number of fused-ring (bicyclic) bond motifs is 1. The Morgan fingerprint density at radius 2 is 2.40 bits per heavy atom. The number of aromatic nitrogens is 2. The summed E-state index contributed by atoms with van der Waals surface area (Å²) < 4.78 is 7.73. The van der Waals surface area contributed by atoms with Crippen LogP contribution in [0.4, 0.5) is 5.82 Å². The van der Waals surface area contributed by atoms with Crippen LogP contribution in [-0.4, -0.2) is 41.0 Å². The molecule has 6 nitrogen and oxygen atoms in total. The number of hydrogen-bond donors (Lipinski definition) is 2. The number of ether oxygens (including phenoxy) is 1. The summed E-state index contributed by atoms with van der Waals surface area (Å²) in [7, 11) is 0. The summed E-state index contributed by atoms with van der Waals surface area (Å²) in [4.78, 5) is 12.2. The van der Waals surface area contributed by atoms with Gasteiger partial charge in [-0.1, -0.05) is 0 Å². The molecule has 1 amide bonds. The number of carbonyl (C=O) groups is 1. The molecule has 2 unspecified atom stereocenters. The van der Waals surface area contributed by atoms with Gasteiger partial charge in [-0.3, -0.25) is 4.79 Å². The number of nitrogens with zero attached hydrogens (tertiary/aromatic N) is 2. The Morgan fingerprint density at radius 1 is 1.55 bits per heavy atom. The van der Waals surface area contributed by atoms with Crippen molar-refractivity contribution >= 4 is 11.7 Å². The van der Waals surface area contributed by atoms with E-state index in [-0.39, 0.29) is 24.1 Å². The molecule has 2 N–H and O–H groups in total. The number of carbonyl (C=O) groups excluding carboxylic acids is 1. The van der Waals surface area contributed by atoms with E-state index in [0.29, 0.717) is 5.56 Å². The van der Waals surface area contributed by atoms with Crippen molar-refractivity contribution in [2.75, 3.05) is 18.5 Å².